The van der Waals surface area contributed by atoms with E-state index in [0.717, 1.165) is 0 Å². The number of likely N-dealkylation sites (tertiary alicyclic amines) is 1. The highest BCUT2D eigenvalue weighted by Crippen LogP contribution is 2.38. The average Bonchev–Trinajstić information content (AvgIpc) is 3.00. The summed E-state index contributed by atoms with van der Waals surface area (Å²) in [4.78, 5) is 12.1. The summed E-state index contributed by atoms with van der Waals surface area (Å²) in [7, 11) is -1.15. The summed E-state index contributed by atoms with van der Waals surface area (Å²) in [5.74, 6) is 0.550. The Labute approximate surface area is 166 Å². The number of methoxy groups -OCH3 is 2. The minimum absolute atomic E-state index is 0.0604. The molecule has 0 aromatic heterocycles. The minimum atomic E-state index is -3.97. The fraction of sp³-hybridized carbons (Fsp3) is 0.611. The highest BCUT2D eigenvalue weighted by atomic mass is 32.2. The van der Waals surface area contributed by atoms with Crippen LogP contribution in [0.25, 0.3) is 0 Å². The summed E-state index contributed by atoms with van der Waals surface area (Å²) in [6, 6.07) is 3.50. The van der Waals surface area contributed by atoms with Gasteiger partial charge in [0.25, 0.3) is 0 Å². The zero-order chi connectivity index (χ0) is 21.3. The van der Waals surface area contributed by atoms with Gasteiger partial charge in [0.2, 0.25) is 10.0 Å². The van der Waals surface area contributed by atoms with Crippen molar-refractivity contribution < 1.29 is 32.3 Å². The van der Waals surface area contributed by atoms with Gasteiger partial charge in [0.05, 0.1) is 20.3 Å². The molecular weight excluding hydrogens is 386 g/mol. The number of amides is 1. The first-order chi connectivity index (χ1) is 12.9. The van der Waals surface area contributed by atoms with E-state index < -0.39 is 33.7 Å². The molecule has 1 aromatic carbocycles. The van der Waals surface area contributed by atoms with Crippen molar-refractivity contribution in [3.8, 4) is 11.5 Å². The lowest BCUT2D eigenvalue weighted by Crippen LogP contribution is -2.67. The molecule has 1 fully saturated rings. The third-order valence-corrected chi connectivity index (χ3v) is 7.02. The average molecular weight is 417 g/mol. The van der Waals surface area contributed by atoms with E-state index in [1.165, 1.54) is 26.4 Å². The van der Waals surface area contributed by atoms with Crippen LogP contribution in [0.4, 0.5) is 4.79 Å². The minimum Gasteiger partial charge on any atom is -0.497 e. The van der Waals surface area contributed by atoms with E-state index in [1.807, 2.05) is 20.8 Å². The van der Waals surface area contributed by atoms with Gasteiger partial charge in [-0.15, -0.1) is 0 Å². The molecule has 1 aromatic rings. The van der Waals surface area contributed by atoms with Crippen molar-refractivity contribution in [1.82, 2.24) is 4.72 Å². The molecule has 158 valence electrons. The third kappa shape index (κ3) is 3.82. The van der Waals surface area contributed by atoms with E-state index >= 15 is 0 Å². The highest BCUT2D eigenvalue weighted by molar-refractivity contribution is 7.89. The smallest absolute Gasteiger partial charge is 0.497 e. The van der Waals surface area contributed by atoms with Gasteiger partial charge >= 0.3 is 6.09 Å². The summed E-state index contributed by atoms with van der Waals surface area (Å²) in [5.41, 5.74) is 5.22. The van der Waals surface area contributed by atoms with Crippen LogP contribution >= 0.6 is 0 Å². The molecule has 9 nitrogen and oxygen atoms in total. The molecule has 0 aliphatic carbocycles. The van der Waals surface area contributed by atoms with Crippen molar-refractivity contribution in [1.29, 1.82) is 0 Å². The molecule has 10 heteroatoms. The Balaban J connectivity index is 2.40. The van der Waals surface area contributed by atoms with E-state index in [-0.39, 0.29) is 28.2 Å². The van der Waals surface area contributed by atoms with Crippen LogP contribution in [0.1, 0.15) is 27.2 Å². The predicted octanol–water partition coefficient (Wildman–Crippen LogP) is 1.38. The van der Waals surface area contributed by atoms with Crippen LogP contribution in [0.2, 0.25) is 0 Å². The van der Waals surface area contributed by atoms with Crippen LogP contribution in [0.15, 0.2) is 23.1 Å². The lowest BCUT2D eigenvalue weighted by molar-refractivity contribution is -0.913. The van der Waals surface area contributed by atoms with Gasteiger partial charge < -0.3 is 20.3 Å². The second-order valence-corrected chi connectivity index (χ2v) is 9.65. The van der Waals surface area contributed by atoms with Crippen molar-refractivity contribution in [2.24, 2.45) is 5.73 Å². The van der Waals surface area contributed by atoms with E-state index in [1.54, 1.807) is 6.07 Å². The number of ether oxygens (including phenoxy) is 2. The van der Waals surface area contributed by atoms with Gasteiger partial charge in [0, 0.05) is 19.0 Å². The second kappa shape index (κ2) is 7.86. The Hall–Kier alpha value is -1.88. The molecule has 0 spiro atoms. The number of nitrogens with zero attached hydrogens (tertiary/aromatic N) is 1. The molecule has 1 aliphatic rings. The molecule has 1 aliphatic heterocycles. The van der Waals surface area contributed by atoms with Crippen molar-refractivity contribution in [3.63, 3.8) is 0 Å². The van der Waals surface area contributed by atoms with Gasteiger partial charge in [0.15, 0.2) is 0 Å². The number of hydrogen-bond donors (Lipinski definition) is 3. The number of quaternary nitrogens is 1. The van der Waals surface area contributed by atoms with Gasteiger partial charge in [-0.3, -0.25) is 0 Å². The number of nitrogens with two attached hydrogens (primary N) is 1. The lowest BCUT2D eigenvalue weighted by atomic mass is 10.00. The van der Waals surface area contributed by atoms with Crippen LogP contribution in [0.5, 0.6) is 11.5 Å². The molecule has 3 atom stereocenters. The van der Waals surface area contributed by atoms with Gasteiger partial charge in [-0.05, 0) is 32.9 Å². The molecule has 1 unspecified atom stereocenters. The summed E-state index contributed by atoms with van der Waals surface area (Å²) >= 11 is 0. The number of carbonyl (C=O) groups is 1. The summed E-state index contributed by atoms with van der Waals surface area (Å²) in [5, 5.41) is 9.99. The molecule has 1 heterocycles. The number of sulfonamides is 1. The van der Waals surface area contributed by atoms with E-state index in [9.17, 15) is 18.3 Å². The molecule has 4 N–H and O–H groups in total. The standard InChI is InChI=1S/C18H29N3O6S/c1-18(2,3)21(17(22)23)11-12(8-13(21)10-19)20-28(24,25)16-9-14(26-4)6-7-15(16)27-5/h6-7,9,12-13,20H,8,10-11,19H2,1-5H3/p+1/t12-,13-,21?/m1/s1. The van der Waals surface area contributed by atoms with Crippen LogP contribution in [-0.4, -0.2) is 69.0 Å². The largest absolute Gasteiger partial charge is 0.514 e. The molecule has 1 amide bonds. The molecule has 1 saturated heterocycles. The summed E-state index contributed by atoms with van der Waals surface area (Å²) in [6.07, 6.45) is -0.686. The quantitative estimate of drug-likeness (QED) is 0.598. The zero-order valence-corrected chi connectivity index (χ0v) is 17.7. The van der Waals surface area contributed by atoms with E-state index in [4.69, 9.17) is 15.2 Å². The Morgan fingerprint density at radius 1 is 1.32 bits per heavy atom. The normalized spacial score (nSPS) is 25.5. The van der Waals surface area contributed by atoms with Crippen LogP contribution in [0.3, 0.4) is 0 Å². The van der Waals surface area contributed by atoms with Crippen LogP contribution in [0, 0.1) is 0 Å². The van der Waals surface area contributed by atoms with Gasteiger partial charge in [-0.2, -0.15) is 4.79 Å². The summed E-state index contributed by atoms with van der Waals surface area (Å²) < 4.78 is 38.7. The molecule has 28 heavy (non-hydrogen) atoms. The SMILES string of the molecule is COc1ccc(OC)c(S(=O)(=O)N[C@@H]2C[C@H](CN)[N+](C(=O)O)(C(C)(C)C)C2)c1. The third-order valence-electron chi connectivity index (χ3n) is 5.48. The van der Waals surface area contributed by atoms with Crippen molar-refractivity contribution in [2.45, 2.75) is 49.7 Å². The number of benzene rings is 1. The summed E-state index contributed by atoms with van der Waals surface area (Å²) in [6.45, 7) is 5.72. The molecule has 2 rings (SSSR count). The Morgan fingerprint density at radius 3 is 2.39 bits per heavy atom. The van der Waals surface area contributed by atoms with Crippen molar-refractivity contribution >= 4 is 16.1 Å². The van der Waals surface area contributed by atoms with Crippen molar-refractivity contribution in [3.05, 3.63) is 18.2 Å². The van der Waals surface area contributed by atoms with Crippen LogP contribution < -0.4 is 19.9 Å². The molecular formula is C18H30N3O6S+. The number of carboxylic acid groups (broad SMARTS) is 1. The predicted molar refractivity (Wildman–Crippen MR) is 104 cm³/mol. The number of rotatable bonds is 6. The first-order valence-corrected chi connectivity index (χ1v) is 10.5. The second-order valence-electron chi connectivity index (χ2n) is 7.97. The van der Waals surface area contributed by atoms with E-state index in [2.05, 4.69) is 4.72 Å². The van der Waals surface area contributed by atoms with Gasteiger partial charge in [-0.25, -0.2) is 17.6 Å². The Kier molecular flexibility index (Phi) is 6.29. The number of hydrogen-bond acceptors (Lipinski definition) is 6. The zero-order valence-electron chi connectivity index (χ0n) is 16.9. The maximum Gasteiger partial charge on any atom is 0.514 e. The lowest BCUT2D eigenvalue weighted by Gasteiger charge is -2.44. The maximum atomic E-state index is 13.0. The van der Waals surface area contributed by atoms with E-state index in [0.29, 0.717) is 12.2 Å². The first-order valence-electron chi connectivity index (χ1n) is 8.98. The Bertz CT molecular complexity index is 836. The monoisotopic (exact) mass is 416 g/mol. The fourth-order valence-corrected chi connectivity index (χ4v) is 5.48. The van der Waals surface area contributed by atoms with Gasteiger partial charge in [0.1, 0.15) is 34.5 Å². The fourth-order valence-electron chi connectivity index (χ4n) is 4.06. The highest BCUT2D eigenvalue weighted by Gasteiger charge is 2.59. The van der Waals surface area contributed by atoms with Gasteiger partial charge in [-0.1, -0.05) is 0 Å². The first kappa shape index (κ1) is 22.4. The molecule has 0 saturated carbocycles. The van der Waals surface area contributed by atoms with Crippen LogP contribution in [-0.2, 0) is 10.0 Å². The molecule has 0 bridgehead atoms. The topological polar surface area (TPSA) is 128 Å². The maximum absolute atomic E-state index is 13.0. The number of nitrogens with one attached hydrogen (secondary N) is 1. The molecule has 0 radical (unpaired) electrons. The van der Waals surface area contributed by atoms with Crippen molar-refractivity contribution in [2.75, 3.05) is 27.3 Å². The Morgan fingerprint density at radius 2 is 1.96 bits per heavy atom.